The highest BCUT2D eigenvalue weighted by atomic mass is 35.5. The average molecular weight is 596 g/mol. The maximum atomic E-state index is 13.5. The molecule has 9 nitrogen and oxygen atoms in total. The minimum Gasteiger partial charge on any atom is -0.539 e. The van der Waals surface area contributed by atoms with E-state index in [4.69, 9.17) is 36.5 Å². The van der Waals surface area contributed by atoms with Gasteiger partial charge in [0.1, 0.15) is 5.78 Å². The number of nitrogens with zero attached hydrogens (tertiary/aromatic N) is 2. The molecule has 2 heterocycles. The van der Waals surface area contributed by atoms with Gasteiger partial charge in [0.25, 0.3) is 5.56 Å². The molecule has 1 aliphatic heterocycles. The quantitative estimate of drug-likeness (QED) is 0.401. The average Bonchev–Trinajstić information content (AvgIpc) is 3.25. The van der Waals surface area contributed by atoms with Crippen molar-refractivity contribution in [1.82, 2.24) is 9.78 Å². The van der Waals surface area contributed by atoms with Gasteiger partial charge in [0.15, 0.2) is 5.97 Å². The highest BCUT2D eigenvalue weighted by Gasteiger charge is 2.26. The lowest BCUT2D eigenvalue weighted by molar-refractivity contribution is -0.898. The molecular formula is C32H38ClN3O6. The molecule has 2 atom stereocenters. The Morgan fingerprint density at radius 2 is 1.60 bits per heavy atom. The number of aliphatic carboxylic acids is 2. The number of likely N-dealkylation sites (tertiary alicyclic amines) is 1. The van der Waals surface area contributed by atoms with Crippen LogP contribution in [0.15, 0.2) is 53.3 Å². The van der Waals surface area contributed by atoms with Crippen molar-refractivity contribution in [2.75, 3.05) is 19.6 Å². The van der Waals surface area contributed by atoms with Crippen LogP contribution < -0.4 is 15.6 Å². The number of hydrogen-bond donors (Lipinski definition) is 2. The van der Waals surface area contributed by atoms with Crippen LogP contribution >= 0.6 is 11.6 Å². The number of ketones is 1. The van der Waals surface area contributed by atoms with Crippen LogP contribution in [0.2, 0.25) is 5.02 Å². The number of carboxylic acid groups (broad SMARTS) is 2. The predicted octanol–water partition coefficient (Wildman–Crippen LogP) is 2.61. The van der Waals surface area contributed by atoms with Crippen molar-refractivity contribution in [3.8, 4) is 0 Å². The zero-order valence-corrected chi connectivity index (χ0v) is 24.5. The number of fused-ring (bicyclic) bond motifs is 1. The highest BCUT2D eigenvalue weighted by molar-refractivity contribution is 6.30. The smallest absolute Gasteiger partial charge is 0.351 e. The largest absolute Gasteiger partial charge is 0.539 e. The number of carbonyl (C=O) groups excluding carboxylic acids is 2. The van der Waals surface area contributed by atoms with Gasteiger partial charge in [-0.15, -0.1) is 0 Å². The lowest BCUT2D eigenvalue weighted by Gasteiger charge is -2.22. The van der Waals surface area contributed by atoms with Crippen molar-refractivity contribution in [1.29, 1.82) is 0 Å². The zero-order valence-electron chi connectivity index (χ0n) is 23.7. The molecule has 2 aromatic carbocycles. The van der Waals surface area contributed by atoms with Crippen LogP contribution in [0.25, 0.3) is 10.8 Å². The highest BCUT2D eigenvalue weighted by Crippen LogP contribution is 2.25. The number of halogens is 1. The lowest BCUT2D eigenvalue weighted by atomic mass is 9.85. The molecule has 2 aliphatic rings. The van der Waals surface area contributed by atoms with E-state index in [9.17, 15) is 9.59 Å². The first-order chi connectivity index (χ1) is 20.2. The van der Waals surface area contributed by atoms with Crippen LogP contribution in [-0.2, 0) is 20.8 Å². The summed E-state index contributed by atoms with van der Waals surface area (Å²) in [6.07, 6.45) is 10.2. The topological polar surface area (TPSA) is 134 Å². The van der Waals surface area contributed by atoms with E-state index in [1.807, 2.05) is 48.5 Å². The third-order valence-corrected chi connectivity index (χ3v) is 8.65. The van der Waals surface area contributed by atoms with E-state index >= 15 is 0 Å². The summed E-state index contributed by atoms with van der Waals surface area (Å²) in [5, 5.41) is 23.6. The van der Waals surface area contributed by atoms with Gasteiger partial charge in [-0.1, -0.05) is 61.2 Å². The van der Waals surface area contributed by atoms with E-state index in [1.165, 1.54) is 24.2 Å². The van der Waals surface area contributed by atoms with E-state index in [-0.39, 0.29) is 11.6 Å². The van der Waals surface area contributed by atoms with Crippen molar-refractivity contribution in [2.45, 2.75) is 70.3 Å². The van der Waals surface area contributed by atoms with Crippen molar-refractivity contribution in [2.24, 2.45) is 5.92 Å². The van der Waals surface area contributed by atoms with Gasteiger partial charge in [0.05, 0.1) is 43.2 Å². The number of rotatable bonds is 7. The number of carbonyl (C=O) groups is 3. The van der Waals surface area contributed by atoms with Crippen LogP contribution in [0, 0.1) is 5.92 Å². The normalized spacial score (nSPS) is 19.4. The lowest BCUT2D eigenvalue weighted by Crippen LogP contribution is -3.12. The first kappa shape index (κ1) is 31.4. The fourth-order valence-corrected chi connectivity index (χ4v) is 6.22. The van der Waals surface area contributed by atoms with E-state index in [0.717, 1.165) is 73.8 Å². The summed E-state index contributed by atoms with van der Waals surface area (Å²) in [6, 6.07) is 15.8. The summed E-state index contributed by atoms with van der Waals surface area (Å²) in [7, 11) is 0. The van der Waals surface area contributed by atoms with Crippen molar-refractivity contribution >= 4 is 40.1 Å². The first-order valence-corrected chi connectivity index (χ1v) is 15.2. The Hall–Kier alpha value is -3.56. The molecule has 1 aliphatic carbocycles. The maximum Gasteiger partial charge on any atom is 0.351 e. The summed E-state index contributed by atoms with van der Waals surface area (Å²) in [6.45, 7) is 2.97. The van der Waals surface area contributed by atoms with Crippen molar-refractivity contribution in [3.05, 3.63) is 75.2 Å². The van der Waals surface area contributed by atoms with Gasteiger partial charge in [-0.3, -0.25) is 9.59 Å². The van der Waals surface area contributed by atoms with Gasteiger partial charge in [-0.05, 0) is 49.4 Å². The van der Waals surface area contributed by atoms with Gasteiger partial charge in [-0.2, -0.15) is 5.10 Å². The number of Topliss-reactive ketones (excluding diaryl/α,β-unsaturated/α-hetero) is 1. The number of carboxylic acids is 2. The van der Waals surface area contributed by atoms with Gasteiger partial charge >= 0.3 is 5.97 Å². The third-order valence-electron chi connectivity index (χ3n) is 8.39. The predicted molar refractivity (Wildman–Crippen MR) is 158 cm³/mol. The van der Waals surface area contributed by atoms with E-state index in [2.05, 4.69) is 0 Å². The molecule has 42 heavy (non-hydrogen) atoms. The number of hydrogen-bond acceptors (Lipinski definition) is 6. The van der Waals surface area contributed by atoms with Crippen LogP contribution in [0.5, 0.6) is 0 Å². The third kappa shape index (κ3) is 8.49. The molecule has 224 valence electrons. The van der Waals surface area contributed by atoms with Crippen LogP contribution in [0.3, 0.4) is 0 Å². The molecule has 2 unspecified atom stereocenters. The maximum absolute atomic E-state index is 13.5. The Morgan fingerprint density at radius 3 is 2.26 bits per heavy atom. The summed E-state index contributed by atoms with van der Waals surface area (Å²) in [4.78, 5) is 45.7. The molecule has 10 heteroatoms. The SMILES string of the molecule is O=C(CC[NH+]1CCCC(n2nc(Cc3ccc(Cl)cc3)c3ccccc3c2=O)CC1)C1CCCCC1.O=C([O-])C(=O)O. The summed E-state index contributed by atoms with van der Waals surface area (Å²) in [5.41, 5.74) is 2.06. The summed E-state index contributed by atoms with van der Waals surface area (Å²) >= 11 is 6.08. The first-order valence-electron chi connectivity index (χ1n) is 14.8. The minimum atomic E-state index is -2.07. The molecule has 1 aromatic heterocycles. The second kappa shape index (κ2) is 15.1. The van der Waals surface area contributed by atoms with Crippen molar-refractivity contribution < 1.29 is 29.5 Å². The second-order valence-corrected chi connectivity index (χ2v) is 11.7. The zero-order chi connectivity index (χ0) is 30.1. The molecule has 0 spiro atoms. The van der Waals surface area contributed by atoms with Gasteiger partial charge in [0.2, 0.25) is 0 Å². The molecular weight excluding hydrogens is 558 g/mol. The fourth-order valence-electron chi connectivity index (χ4n) is 6.10. The molecule has 2 fully saturated rings. The Kier molecular flexibility index (Phi) is 11.3. The van der Waals surface area contributed by atoms with Crippen LogP contribution in [0.4, 0.5) is 0 Å². The molecule has 0 amide bonds. The van der Waals surface area contributed by atoms with Gasteiger partial charge < -0.3 is 19.9 Å². The van der Waals surface area contributed by atoms with Gasteiger partial charge in [0, 0.05) is 29.2 Å². The summed E-state index contributed by atoms with van der Waals surface area (Å²) < 4.78 is 1.77. The number of aromatic nitrogens is 2. The Balaban J connectivity index is 0.000000612. The molecule has 3 aromatic rings. The van der Waals surface area contributed by atoms with E-state index in [1.54, 1.807) is 4.68 Å². The molecule has 2 N–H and O–H groups in total. The minimum absolute atomic E-state index is 0.00591. The van der Waals surface area contributed by atoms with Gasteiger partial charge in [-0.25, -0.2) is 9.48 Å². The molecule has 0 radical (unpaired) electrons. The fraction of sp³-hybridized carbons (Fsp3) is 0.469. The molecule has 0 bridgehead atoms. The second-order valence-electron chi connectivity index (χ2n) is 11.3. The van der Waals surface area contributed by atoms with E-state index < -0.39 is 11.9 Å². The molecule has 1 saturated carbocycles. The Bertz CT molecular complexity index is 1440. The standard InChI is InChI=1S/C30H36ClN3O2.C2H2O4/c31-24-14-12-22(13-15-24)21-28-26-10-4-5-11-27(26)30(36)34(32-28)25-9-6-18-33(19-16-25)20-17-29(35)23-7-2-1-3-8-23;3-1(4)2(5)6/h4-5,10-15,23,25H,1-3,6-9,16-21H2;(H,3,4)(H,5,6). The molecule has 5 rings (SSSR count). The Morgan fingerprint density at radius 1 is 0.929 bits per heavy atom. The van der Waals surface area contributed by atoms with E-state index in [0.29, 0.717) is 29.6 Å². The number of benzene rings is 2. The Labute approximate surface area is 250 Å². The number of nitrogens with one attached hydrogen (secondary N) is 1. The molecule has 1 saturated heterocycles. The van der Waals surface area contributed by atoms with Crippen LogP contribution in [-0.4, -0.2) is 52.2 Å². The number of quaternary nitrogens is 1. The monoisotopic (exact) mass is 595 g/mol. The summed E-state index contributed by atoms with van der Waals surface area (Å²) in [5.74, 6) is -3.23. The van der Waals surface area contributed by atoms with Crippen molar-refractivity contribution in [3.63, 3.8) is 0 Å². The van der Waals surface area contributed by atoms with Crippen LogP contribution in [0.1, 0.15) is 75.1 Å².